The SMILES string of the molecule is c1ccc(CN2CCN(CC3CC3)C(c3cn4c(N5CCCC5)cccc4n3)C2)nc1. The van der Waals surface area contributed by atoms with Gasteiger partial charge in [0.05, 0.1) is 17.4 Å². The lowest BCUT2D eigenvalue weighted by Gasteiger charge is -2.40. The molecule has 6 heteroatoms. The van der Waals surface area contributed by atoms with E-state index in [1.807, 2.05) is 12.3 Å². The van der Waals surface area contributed by atoms with Crippen LogP contribution < -0.4 is 4.90 Å². The Morgan fingerprint density at radius 2 is 1.84 bits per heavy atom. The number of hydrogen-bond donors (Lipinski definition) is 0. The first-order valence-corrected chi connectivity index (χ1v) is 11.9. The van der Waals surface area contributed by atoms with Gasteiger partial charge >= 0.3 is 0 Å². The maximum Gasteiger partial charge on any atom is 0.138 e. The van der Waals surface area contributed by atoms with Crippen LogP contribution in [-0.4, -0.2) is 63.4 Å². The molecule has 0 aromatic carbocycles. The molecule has 1 unspecified atom stereocenters. The molecule has 162 valence electrons. The van der Waals surface area contributed by atoms with Crippen LogP contribution in [0.15, 0.2) is 48.8 Å². The molecule has 6 rings (SSSR count). The topological polar surface area (TPSA) is 39.9 Å². The van der Waals surface area contributed by atoms with E-state index >= 15 is 0 Å². The summed E-state index contributed by atoms with van der Waals surface area (Å²) in [5.41, 5.74) is 3.45. The van der Waals surface area contributed by atoms with Crippen LogP contribution in [0.2, 0.25) is 0 Å². The highest BCUT2D eigenvalue weighted by atomic mass is 15.3. The molecule has 1 saturated carbocycles. The van der Waals surface area contributed by atoms with Crippen molar-refractivity contribution in [2.75, 3.05) is 44.2 Å². The third-order valence-corrected chi connectivity index (χ3v) is 7.14. The lowest BCUT2D eigenvalue weighted by Crippen LogP contribution is -2.48. The summed E-state index contributed by atoms with van der Waals surface area (Å²) >= 11 is 0. The van der Waals surface area contributed by atoms with Gasteiger partial charge in [0.25, 0.3) is 0 Å². The molecule has 0 radical (unpaired) electrons. The molecule has 1 atom stereocenters. The Balaban J connectivity index is 1.29. The van der Waals surface area contributed by atoms with Crippen LogP contribution in [-0.2, 0) is 6.54 Å². The van der Waals surface area contributed by atoms with E-state index in [4.69, 9.17) is 4.98 Å². The Labute approximate surface area is 184 Å². The van der Waals surface area contributed by atoms with E-state index in [0.717, 1.165) is 56.5 Å². The summed E-state index contributed by atoms with van der Waals surface area (Å²) in [5.74, 6) is 2.19. The quantitative estimate of drug-likeness (QED) is 0.614. The molecule has 2 saturated heterocycles. The van der Waals surface area contributed by atoms with E-state index in [9.17, 15) is 0 Å². The van der Waals surface area contributed by atoms with Crippen LogP contribution in [0, 0.1) is 5.92 Å². The van der Waals surface area contributed by atoms with Gasteiger partial charge in [-0.1, -0.05) is 12.1 Å². The molecule has 0 amide bonds. The third kappa shape index (κ3) is 4.06. The van der Waals surface area contributed by atoms with Crippen molar-refractivity contribution in [3.63, 3.8) is 0 Å². The van der Waals surface area contributed by atoms with Gasteiger partial charge in [-0.25, -0.2) is 4.98 Å². The van der Waals surface area contributed by atoms with E-state index in [-0.39, 0.29) is 0 Å². The molecule has 3 fully saturated rings. The zero-order chi connectivity index (χ0) is 20.6. The Bertz CT molecular complexity index is 1020. The first kappa shape index (κ1) is 19.3. The largest absolute Gasteiger partial charge is 0.358 e. The Morgan fingerprint density at radius 3 is 2.65 bits per heavy atom. The zero-order valence-electron chi connectivity index (χ0n) is 18.2. The number of aromatic nitrogens is 3. The van der Waals surface area contributed by atoms with Crippen LogP contribution in [0.4, 0.5) is 5.82 Å². The van der Waals surface area contributed by atoms with Crippen LogP contribution in [0.1, 0.15) is 43.1 Å². The summed E-state index contributed by atoms with van der Waals surface area (Å²) < 4.78 is 2.33. The smallest absolute Gasteiger partial charge is 0.138 e. The number of pyridine rings is 2. The normalized spacial score (nSPS) is 23.1. The fraction of sp³-hybridized carbons (Fsp3) is 0.520. The van der Waals surface area contributed by atoms with Gasteiger partial charge in [-0.3, -0.25) is 19.2 Å². The summed E-state index contributed by atoms with van der Waals surface area (Å²) in [6.07, 6.45) is 9.59. The zero-order valence-corrected chi connectivity index (χ0v) is 18.2. The molecule has 2 aliphatic heterocycles. The molecule has 0 N–H and O–H groups in total. The molecule has 6 nitrogen and oxygen atoms in total. The number of imidazole rings is 1. The minimum absolute atomic E-state index is 0.351. The predicted molar refractivity (Wildman–Crippen MR) is 123 cm³/mol. The van der Waals surface area contributed by atoms with E-state index in [2.05, 4.69) is 60.6 Å². The highest BCUT2D eigenvalue weighted by molar-refractivity contribution is 5.53. The van der Waals surface area contributed by atoms with Crippen molar-refractivity contribution in [3.8, 4) is 0 Å². The molecular weight excluding hydrogens is 384 g/mol. The molecule has 3 aromatic rings. The van der Waals surface area contributed by atoms with E-state index < -0.39 is 0 Å². The van der Waals surface area contributed by atoms with Crippen molar-refractivity contribution in [1.29, 1.82) is 0 Å². The highest BCUT2D eigenvalue weighted by Crippen LogP contribution is 2.35. The Hall–Kier alpha value is -2.44. The van der Waals surface area contributed by atoms with E-state index in [1.54, 1.807) is 0 Å². The molecule has 31 heavy (non-hydrogen) atoms. The van der Waals surface area contributed by atoms with Crippen LogP contribution in [0.5, 0.6) is 0 Å². The predicted octanol–water partition coefficient (Wildman–Crippen LogP) is 3.60. The van der Waals surface area contributed by atoms with Crippen LogP contribution in [0.25, 0.3) is 5.65 Å². The Morgan fingerprint density at radius 1 is 0.935 bits per heavy atom. The maximum absolute atomic E-state index is 5.14. The minimum atomic E-state index is 0.351. The Kier molecular flexibility index (Phi) is 5.12. The first-order valence-electron chi connectivity index (χ1n) is 11.9. The van der Waals surface area contributed by atoms with Gasteiger partial charge < -0.3 is 4.90 Å². The van der Waals surface area contributed by atoms with Gasteiger partial charge in [0.15, 0.2) is 0 Å². The van der Waals surface area contributed by atoms with Crippen molar-refractivity contribution in [3.05, 3.63) is 60.2 Å². The number of anilines is 1. The second kappa shape index (κ2) is 8.24. The molecule has 0 spiro atoms. The monoisotopic (exact) mass is 416 g/mol. The summed E-state index contributed by atoms with van der Waals surface area (Å²) in [6, 6.07) is 13.1. The summed E-state index contributed by atoms with van der Waals surface area (Å²) in [7, 11) is 0. The number of hydrogen-bond acceptors (Lipinski definition) is 5. The minimum Gasteiger partial charge on any atom is -0.358 e. The lowest BCUT2D eigenvalue weighted by atomic mass is 10.1. The molecular formula is C25H32N6. The summed E-state index contributed by atoms with van der Waals surface area (Å²) in [4.78, 5) is 17.5. The summed E-state index contributed by atoms with van der Waals surface area (Å²) in [6.45, 7) is 7.68. The summed E-state index contributed by atoms with van der Waals surface area (Å²) in [5, 5.41) is 0. The molecule has 3 aliphatic rings. The molecule has 1 aliphatic carbocycles. The van der Waals surface area contributed by atoms with Gasteiger partial charge in [0, 0.05) is 58.2 Å². The number of nitrogens with zero attached hydrogens (tertiary/aromatic N) is 6. The average molecular weight is 417 g/mol. The van der Waals surface area contributed by atoms with Crippen molar-refractivity contribution >= 4 is 11.5 Å². The highest BCUT2D eigenvalue weighted by Gasteiger charge is 2.34. The van der Waals surface area contributed by atoms with Crippen molar-refractivity contribution in [2.45, 2.75) is 38.3 Å². The molecule has 0 bridgehead atoms. The standard InChI is InChI=1S/C25H32N6/c1-2-11-26-21(6-1)17-28-14-15-30(16-20-9-10-20)23(19-28)22-18-31-24(27-22)7-5-8-25(31)29-12-3-4-13-29/h1-2,5-8,11,18,20,23H,3-4,9-10,12-17,19H2. The number of rotatable bonds is 6. The second-order valence-electron chi connectivity index (χ2n) is 9.48. The fourth-order valence-corrected chi connectivity index (χ4v) is 5.25. The van der Waals surface area contributed by atoms with Crippen molar-refractivity contribution in [2.24, 2.45) is 5.92 Å². The van der Waals surface area contributed by atoms with Crippen molar-refractivity contribution in [1.82, 2.24) is 24.2 Å². The van der Waals surface area contributed by atoms with Gasteiger partial charge in [-0.15, -0.1) is 0 Å². The van der Waals surface area contributed by atoms with Crippen molar-refractivity contribution < 1.29 is 0 Å². The fourth-order valence-electron chi connectivity index (χ4n) is 5.25. The van der Waals surface area contributed by atoms with E-state index in [1.165, 1.54) is 43.7 Å². The number of fused-ring (bicyclic) bond motifs is 1. The van der Waals surface area contributed by atoms with Gasteiger partial charge in [0.1, 0.15) is 11.5 Å². The lowest BCUT2D eigenvalue weighted by molar-refractivity contribution is 0.0633. The molecule has 3 aromatic heterocycles. The van der Waals surface area contributed by atoms with Crippen LogP contribution >= 0.6 is 0 Å². The van der Waals surface area contributed by atoms with Gasteiger partial charge in [-0.2, -0.15) is 0 Å². The second-order valence-corrected chi connectivity index (χ2v) is 9.48. The molecule has 5 heterocycles. The van der Waals surface area contributed by atoms with Gasteiger partial charge in [0.2, 0.25) is 0 Å². The first-order chi connectivity index (χ1) is 15.3. The van der Waals surface area contributed by atoms with E-state index in [0.29, 0.717) is 6.04 Å². The van der Waals surface area contributed by atoms with Gasteiger partial charge in [-0.05, 0) is 55.9 Å². The maximum atomic E-state index is 5.14. The van der Waals surface area contributed by atoms with Crippen LogP contribution in [0.3, 0.4) is 0 Å². The third-order valence-electron chi connectivity index (χ3n) is 7.14. The average Bonchev–Trinajstić information content (AvgIpc) is 3.26. The number of piperazine rings is 1.